The summed E-state index contributed by atoms with van der Waals surface area (Å²) >= 11 is 0. The quantitative estimate of drug-likeness (QED) is 0.120. The molecule has 0 bridgehead atoms. The average molecular weight is 579 g/mol. The Balaban J connectivity index is 1.93. The maximum absolute atomic E-state index is 12.7. The van der Waals surface area contributed by atoms with Crippen molar-refractivity contribution in [2.75, 3.05) is 27.9 Å². The van der Waals surface area contributed by atoms with Gasteiger partial charge in [0.15, 0.2) is 41.0 Å². The molecule has 1 aliphatic heterocycles. The van der Waals surface area contributed by atoms with Gasteiger partial charge in [-0.05, 0) is 12.1 Å². The Labute approximate surface area is 221 Å². The number of phenolic OH excluding ortho intramolecular Hbond substituents is 3. The first kappa shape index (κ1) is 29.8. The summed E-state index contributed by atoms with van der Waals surface area (Å²) < 4.78 is 67.3. The van der Waals surface area contributed by atoms with Crippen LogP contribution in [0.25, 0.3) is 0 Å². The fraction of sp³-hybridized carbons (Fsp3) is 0.409. The molecule has 0 aliphatic carbocycles. The van der Waals surface area contributed by atoms with Gasteiger partial charge in [0.1, 0.15) is 18.0 Å². The number of aliphatic hydroxyl groups is 2. The summed E-state index contributed by atoms with van der Waals surface area (Å²) in [6, 6.07) is 4.15. The second-order valence-corrected chi connectivity index (χ2v) is 9.04. The van der Waals surface area contributed by atoms with Gasteiger partial charge in [-0.2, -0.15) is 8.42 Å². The number of hydrogen-bond donors (Lipinski definition) is 6. The maximum atomic E-state index is 12.7. The summed E-state index contributed by atoms with van der Waals surface area (Å²) in [5.74, 6) is -3.43. The predicted octanol–water partition coefficient (Wildman–Crippen LogP) is -0.300. The summed E-state index contributed by atoms with van der Waals surface area (Å²) in [5, 5.41) is 50.4. The van der Waals surface area contributed by atoms with Crippen molar-refractivity contribution >= 4 is 16.4 Å². The number of esters is 1. The Morgan fingerprint density at radius 3 is 1.97 bits per heavy atom. The number of methoxy groups -OCH3 is 3. The average Bonchev–Trinajstić information content (AvgIpc) is 2.88. The van der Waals surface area contributed by atoms with E-state index in [-0.39, 0.29) is 23.0 Å². The molecular weight excluding hydrogens is 552 g/mol. The molecule has 5 unspecified atom stereocenters. The summed E-state index contributed by atoms with van der Waals surface area (Å²) in [7, 11) is -0.957. The zero-order valence-corrected chi connectivity index (χ0v) is 21.4. The van der Waals surface area contributed by atoms with Gasteiger partial charge in [-0.15, -0.1) is 0 Å². The van der Waals surface area contributed by atoms with Gasteiger partial charge in [0.25, 0.3) is 0 Å². The van der Waals surface area contributed by atoms with Crippen LogP contribution in [0.15, 0.2) is 24.3 Å². The van der Waals surface area contributed by atoms with E-state index in [2.05, 4.69) is 4.18 Å². The molecule has 0 radical (unpaired) electrons. The third-order valence-electron chi connectivity index (χ3n) is 5.46. The second kappa shape index (κ2) is 12.0. The highest BCUT2D eigenvalue weighted by molar-refractivity contribution is 7.80. The van der Waals surface area contributed by atoms with Gasteiger partial charge >= 0.3 is 16.4 Å². The van der Waals surface area contributed by atoms with E-state index in [0.717, 1.165) is 12.1 Å². The van der Waals surface area contributed by atoms with Gasteiger partial charge in [-0.3, -0.25) is 4.55 Å². The van der Waals surface area contributed by atoms with E-state index in [1.54, 1.807) is 0 Å². The first-order chi connectivity index (χ1) is 18.3. The minimum absolute atomic E-state index is 0.0298. The van der Waals surface area contributed by atoms with Crippen LogP contribution in [0.3, 0.4) is 0 Å². The maximum Gasteiger partial charge on any atom is 0.397 e. The van der Waals surface area contributed by atoms with Crippen molar-refractivity contribution in [3.63, 3.8) is 0 Å². The van der Waals surface area contributed by atoms with Crippen molar-refractivity contribution in [2.45, 2.75) is 30.7 Å². The molecule has 3 rings (SSSR count). The topological polar surface area (TPSA) is 237 Å². The smallest absolute Gasteiger partial charge is 0.397 e. The number of phenols is 3. The van der Waals surface area contributed by atoms with Crippen molar-refractivity contribution < 1.29 is 75.9 Å². The van der Waals surface area contributed by atoms with Gasteiger partial charge in [0.05, 0.1) is 33.5 Å². The molecule has 1 heterocycles. The number of aliphatic hydroxyl groups excluding tert-OH is 2. The predicted molar refractivity (Wildman–Crippen MR) is 126 cm³/mol. The van der Waals surface area contributed by atoms with E-state index in [4.69, 9.17) is 33.0 Å². The van der Waals surface area contributed by atoms with Crippen LogP contribution in [0.4, 0.5) is 0 Å². The molecule has 0 aromatic heterocycles. The number of ether oxygens (including phenoxy) is 6. The van der Waals surface area contributed by atoms with E-state index < -0.39 is 76.5 Å². The molecule has 2 aromatic rings. The highest BCUT2D eigenvalue weighted by atomic mass is 32.3. The molecule has 0 saturated carbocycles. The summed E-state index contributed by atoms with van der Waals surface area (Å²) in [5.41, 5.74) is -0.485. The molecule has 1 aliphatic rings. The van der Waals surface area contributed by atoms with E-state index in [9.17, 15) is 38.7 Å². The first-order valence-electron chi connectivity index (χ1n) is 10.9. The Bertz CT molecular complexity index is 1250. The lowest BCUT2D eigenvalue weighted by Crippen LogP contribution is -2.61. The third-order valence-corrected chi connectivity index (χ3v) is 5.90. The van der Waals surface area contributed by atoms with Crippen LogP contribution in [0.5, 0.6) is 40.2 Å². The molecule has 216 valence electrons. The molecule has 39 heavy (non-hydrogen) atoms. The largest absolute Gasteiger partial charge is 0.504 e. The molecule has 1 saturated heterocycles. The monoisotopic (exact) mass is 578 g/mol. The van der Waals surface area contributed by atoms with Crippen LogP contribution in [-0.2, 0) is 24.1 Å². The van der Waals surface area contributed by atoms with Crippen molar-refractivity contribution in [2.24, 2.45) is 0 Å². The highest BCUT2D eigenvalue weighted by Crippen LogP contribution is 2.42. The van der Waals surface area contributed by atoms with E-state index in [0.29, 0.717) is 0 Å². The lowest BCUT2D eigenvalue weighted by Gasteiger charge is -2.41. The number of carbonyl (C=O) groups excluding carboxylic acids is 1. The number of hydrogen-bond acceptors (Lipinski definition) is 15. The number of benzene rings is 2. The Morgan fingerprint density at radius 1 is 0.923 bits per heavy atom. The van der Waals surface area contributed by atoms with E-state index >= 15 is 0 Å². The van der Waals surface area contributed by atoms with Crippen molar-refractivity contribution in [3.05, 3.63) is 29.8 Å². The van der Waals surface area contributed by atoms with Crippen LogP contribution in [0, 0.1) is 0 Å². The zero-order valence-electron chi connectivity index (χ0n) is 20.6. The van der Waals surface area contributed by atoms with E-state index in [1.807, 2.05) is 0 Å². The lowest BCUT2D eigenvalue weighted by atomic mass is 9.98. The molecule has 16 nitrogen and oxygen atoms in total. The number of aromatic hydroxyl groups is 3. The zero-order chi connectivity index (χ0) is 29.1. The standard InChI is InChI=1S/C22H26O16S/c1-32-13-6-10(7-14(33-2)19(13)34-3)36-22-18(27)20(17(26)15(37-22)8-35-39(29,30)31)38-21(28)9-4-11(23)16(25)12(24)5-9/h4-7,15,17-18,20,22-27H,8H2,1-3H3,(H,29,30,31). The Kier molecular flexibility index (Phi) is 9.15. The van der Waals surface area contributed by atoms with Crippen LogP contribution in [-0.4, -0.2) is 103 Å². The van der Waals surface area contributed by atoms with Gasteiger partial charge in [-0.1, -0.05) is 0 Å². The van der Waals surface area contributed by atoms with Crippen molar-refractivity contribution in [1.82, 2.24) is 0 Å². The SMILES string of the molecule is COc1cc(OC2OC(COS(=O)(=O)O)C(O)C(OC(=O)c3cc(O)c(O)c(O)c3)C2O)cc(OC)c1OC. The van der Waals surface area contributed by atoms with E-state index in [1.165, 1.54) is 33.5 Å². The molecule has 17 heteroatoms. The molecule has 1 fully saturated rings. The third kappa shape index (κ3) is 6.83. The number of carbonyl (C=O) groups is 1. The normalized spacial score (nSPS) is 23.1. The lowest BCUT2D eigenvalue weighted by molar-refractivity contribution is -0.275. The molecule has 0 amide bonds. The molecular formula is C22H26O16S. The van der Waals surface area contributed by atoms with Crippen LogP contribution < -0.4 is 18.9 Å². The van der Waals surface area contributed by atoms with Crippen LogP contribution in [0.1, 0.15) is 10.4 Å². The van der Waals surface area contributed by atoms with Gasteiger partial charge in [0, 0.05) is 12.1 Å². The summed E-state index contributed by atoms with van der Waals surface area (Å²) in [6.07, 6.45) is -9.13. The Hall–Kier alpha value is -3.74. The van der Waals surface area contributed by atoms with Crippen LogP contribution >= 0.6 is 0 Å². The van der Waals surface area contributed by atoms with Crippen molar-refractivity contribution in [1.29, 1.82) is 0 Å². The van der Waals surface area contributed by atoms with Gasteiger partial charge < -0.3 is 54.0 Å². The van der Waals surface area contributed by atoms with Gasteiger partial charge in [0.2, 0.25) is 12.0 Å². The fourth-order valence-corrected chi connectivity index (χ4v) is 3.91. The summed E-state index contributed by atoms with van der Waals surface area (Å²) in [4.78, 5) is 12.7. The second-order valence-electron chi connectivity index (χ2n) is 7.95. The summed E-state index contributed by atoms with van der Waals surface area (Å²) in [6.45, 7) is -0.989. The molecule has 6 N–H and O–H groups in total. The number of rotatable bonds is 10. The van der Waals surface area contributed by atoms with Gasteiger partial charge in [-0.25, -0.2) is 8.98 Å². The molecule has 5 atom stereocenters. The minimum atomic E-state index is -4.99. The Morgan fingerprint density at radius 2 is 1.49 bits per heavy atom. The van der Waals surface area contributed by atoms with Crippen LogP contribution in [0.2, 0.25) is 0 Å². The fourth-order valence-electron chi connectivity index (χ4n) is 3.60. The minimum Gasteiger partial charge on any atom is -0.504 e. The first-order valence-corrected chi connectivity index (χ1v) is 12.2. The molecule has 2 aromatic carbocycles. The van der Waals surface area contributed by atoms with Crippen molar-refractivity contribution in [3.8, 4) is 40.2 Å². The highest BCUT2D eigenvalue weighted by Gasteiger charge is 2.49. The molecule has 0 spiro atoms.